The van der Waals surface area contributed by atoms with E-state index in [1.54, 1.807) is 0 Å². The van der Waals surface area contributed by atoms with Gasteiger partial charge in [0.15, 0.2) is 0 Å². The first kappa shape index (κ1) is 16.4. The Labute approximate surface area is 106 Å². The number of hydrogen-bond acceptors (Lipinski definition) is 3. The van der Waals surface area contributed by atoms with Gasteiger partial charge in [-0.15, -0.1) is 0 Å². The molecule has 0 aliphatic carbocycles. The Hall–Kier alpha value is -0.610. The molecule has 0 rings (SSSR count). The second-order valence-electron chi connectivity index (χ2n) is 5.21. The molecule has 0 aliphatic rings. The highest BCUT2D eigenvalue weighted by Crippen LogP contribution is 2.13. The number of likely N-dealkylation sites (N-methyl/N-ethyl adjacent to an activating group) is 1. The molecular weight excluding hydrogens is 214 g/mol. The van der Waals surface area contributed by atoms with Gasteiger partial charge in [-0.25, -0.2) is 0 Å². The van der Waals surface area contributed by atoms with Crippen LogP contribution in [0.4, 0.5) is 0 Å². The van der Waals surface area contributed by atoms with Crippen molar-refractivity contribution in [2.24, 2.45) is 17.6 Å². The van der Waals surface area contributed by atoms with E-state index in [9.17, 15) is 4.79 Å². The second-order valence-corrected chi connectivity index (χ2v) is 5.21. The van der Waals surface area contributed by atoms with Crippen LogP contribution in [-0.4, -0.2) is 56.0 Å². The molecule has 0 saturated carbocycles. The first-order valence-electron chi connectivity index (χ1n) is 6.57. The van der Waals surface area contributed by atoms with Crippen LogP contribution in [-0.2, 0) is 4.79 Å². The van der Waals surface area contributed by atoms with Crippen LogP contribution in [0.5, 0.6) is 0 Å². The first-order valence-corrected chi connectivity index (χ1v) is 6.57. The third-order valence-electron chi connectivity index (χ3n) is 3.00. The summed E-state index contributed by atoms with van der Waals surface area (Å²) in [6, 6.07) is 0. The monoisotopic (exact) mass is 243 g/mol. The Kier molecular flexibility index (Phi) is 8.17. The third kappa shape index (κ3) is 6.03. The minimum atomic E-state index is -0.0382. The maximum atomic E-state index is 12.3. The van der Waals surface area contributed by atoms with Crippen molar-refractivity contribution < 1.29 is 4.79 Å². The van der Waals surface area contributed by atoms with E-state index in [0.717, 1.165) is 26.1 Å². The molecule has 0 heterocycles. The zero-order chi connectivity index (χ0) is 13.4. The highest BCUT2D eigenvalue weighted by molar-refractivity contribution is 5.79. The van der Waals surface area contributed by atoms with Gasteiger partial charge in [0.25, 0.3) is 0 Å². The molecule has 0 bridgehead atoms. The van der Waals surface area contributed by atoms with Crippen LogP contribution >= 0.6 is 0 Å². The molecule has 17 heavy (non-hydrogen) atoms. The third-order valence-corrected chi connectivity index (χ3v) is 3.00. The fourth-order valence-electron chi connectivity index (χ4n) is 1.82. The zero-order valence-electron chi connectivity index (χ0n) is 12.1. The van der Waals surface area contributed by atoms with E-state index in [0.29, 0.717) is 12.5 Å². The zero-order valence-corrected chi connectivity index (χ0v) is 12.1. The number of nitrogens with zero attached hydrogens (tertiary/aromatic N) is 2. The van der Waals surface area contributed by atoms with E-state index in [2.05, 4.69) is 25.7 Å². The Bertz CT molecular complexity index is 217. The van der Waals surface area contributed by atoms with Crippen LogP contribution in [0.1, 0.15) is 27.2 Å². The van der Waals surface area contributed by atoms with Crippen molar-refractivity contribution in [3.8, 4) is 0 Å². The van der Waals surface area contributed by atoms with Crippen LogP contribution < -0.4 is 5.73 Å². The molecule has 0 saturated heterocycles. The lowest BCUT2D eigenvalue weighted by molar-refractivity contribution is -0.136. The van der Waals surface area contributed by atoms with Crippen LogP contribution in [0.25, 0.3) is 0 Å². The van der Waals surface area contributed by atoms with Crippen molar-refractivity contribution in [1.29, 1.82) is 0 Å². The number of amides is 1. The van der Waals surface area contributed by atoms with Crippen molar-refractivity contribution >= 4 is 5.91 Å². The molecule has 0 spiro atoms. The molecule has 0 aromatic rings. The average molecular weight is 243 g/mol. The lowest BCUT2D eigenvalue weighted by atomic mass is 9.94. The number of nitrogens with two attached hydrogens (primary N) is 1. The van der Waals surface area contributed by atoms with Crippen LogP contribution in [0.2, 0.25) is 0 Å². The maximum Gasteiger partial charge on any atom is 0.227 e. The van der Waals surface area contributed by atoms with Crippen LogP contribution in [0, 0.1) is 11.8 Å². The van der Waals surface area contributed by atoms with E-state index < -0.39 is 0 Å². The molecule has 1 unspecified atom stereocenters. The molecule has 0 aromatic heterocycles. The molecule has 4 heteroatoms. The number of hydrogen-bond donors (Lipinski definition) is 1. The van der Waals surface area contributed by atoms with E-state index in [1.807, 2.05) is 19.0 Å². The van der Waals surface area contributed by atoms with E-state index >= 15 is 0 Å². The fraction of sp³-hybridized carbons (Fsp3) is 0.923. The van der Waals surface area contributed by atoms with Gasteiger partial charge >= 0.3 is 0 Å². The largest absolute Gasteiger partial charge is 0.341 e. The molecule has 1 amide bonds. The highest BCUT2D eigenvalue weighted by Gasteiger charge is 2.25. The van der Waals surface area contributed by atoms with E-state index in [-0.39, 0.29) is 11.8 Å². The summed E-state index contributed by atoms with van der Waals surface area (Å²) < 4.78 is 0. The predicted octanol–water partition coefficient (Wildman–Crippen LogP) is 1.02. The van der Waals surface area contributed by atoms with Gasteiger partial charge in [0.05, 0.1) is 5.92 Å². The Morgan fingerprint density at radius 3 is 2.12 bits per heavy atom. The quantitative estimate of drug-likeness (QED) is 0.692. The smallest absolute Gasteiger partial charge is 0.227 e. The summed E-state index contributed by atoms with van der Waals surface area (Å²) in [7, 11) is 4.05. The average Bonchev–Trinajstić information content (AvgIpc) is 2.24. The molecule has 2 N–H and O–H groups in total. The van der Waals surface area contributed by atoms with Crippen LogP contribution in [0.15, 0.2) is 0 Å². The van der Waals surface area contributed by atoms with Gasteiger partial charge in [-0.1, -0.05) is 20.8 Å². The fourth-order valence-corrected chi connectivity index (χ4v) is 1.82. The normalized spacial score (nSPS) is 13.2. The van der Waals surface area contributed by atoms with Crippen molar-refractivity contribution in [2.45, 2.75) is 27.2 Å². The van der Waals surface area contributed by atoms with Gasteiger partial charge in [0.1, 0.15) is 0 Å². The molecule has 1 atom stereocenters. The summed E-state index contributed by atoms with van der Waals surface area (Å²) in [5, 5.41) is 0. The standard InChI is InChI=1S/C13H29N3O/c1-6-7-16(9-8-15(4)5)13(17)12(10-14)11(2)3/h11-12H,6-10,14H2,1-5H3. The second kappa shape index (κ2) is 8.48. The molecular formula is C13H29N3O. The molecule has 4 nitrogen and oxygen atoms in total. The molecule has 102 valence electrons. The van der Waals surface area contributed by atoms with Crippen molar-refractivity contribution in [2.75, 3.05) is 40.3 Å². The van der Waals surface area contributed by atoms with Crippen molar-refractivity contribution in [1.82, 2.24) is 9.80 Å². The van der Waals surface area contributed by atoms with Gasteiger partial charge in [-0.05, 0) is 26.4 Å². The SMILES string of the molecule is CCCN(CCN(C)C)C(=O)C(CN)C(C)C. The summed E-state index contributed by atoms with van der Waals surface area (Å²) >= 11 is 0. The van der Waals surface area contributed by atoms with Gasteiger partial charge in [0, 0.05) is 26.2 Å². The summed E-state index contributed by atoms with van der Waals surface area (Å²) in [4.78, 5) is 16.4. The van der Waals surface area contributed by atoms with Gasteiger partial charge in [-0.3, -0.25) is 4.79 Å². The van der Waals surface area contributed by atoms with E-state index in [4.69, 9.17) is 5.73 Å². The lowest BCUT2D eigenvalue weighted by Crippen LogP contribution is -2.44. The van der Waals surface area contributed by atoms with Crippen LogP contribution in [0.3, 0.4) is 0 Å². The molecule has 0 fully saturated rings. The summed E-state index contributed by atoms with van der Waals surface area (Å²) in [5.74, 6) is 0.487. The van der Waals surface area contributed by atoms with Gasteiger partial charge < -0.3 is 15.5 Å². The first-order chi connectivity index (χ1) is 7.93. The summed E-state index contributed by atoms with van der Waals surface area (Å²) in [6.45, 7) is 9.19. The molecule has 0 aliphatic heterocycles. The minimum absolute atomic E-state index is 0.0382. The minimum Gasteiger partial charge on any atom is -0.341 e. The van der Waals surface area contributed by atoms with Crippen molar-refractivity contribution in [3.05, 3.63) is 0 Å². The Morgan fingerprint density at radius 1 is 1.18 bits per heavy atom. The van der Waals surface area contributed by atoms with E-state index in [1.165, 1.54) is 0 Å². The summed E-state index contributed by atoms with van der Waals surface area (Å²) in [6.07, 6.45) is 0.995. The number of carbonyl (C=O) groups is 1. The Balaban J connectivity index is 4.50. The predicted molar refractivity (Wildman–Crippen MR) is 72.8 cm³/mol. The van der Waals surface area contributed by atoms with Crippen molar-refractivity contribution in [3.63, 3.8) is 0 Å². The Morgan fingerprint density at radius 2 is 1.76 bits per heavy atom. The van der Waals surface area contributed by atoms with Gasteiger partial charge in [0.2, 0.25) is 5.91 Å². The molecule has 0 radical (unpaired) electrons. The topological polar surface area (TPSA) is 49.6 Å². The molecule has 0 aromatic carbocycles. The number of carbonyl (C=O) groups excluding carboxylic acids is 1. The van der Waals surface area contributed by atoms with Gasteiger partial charge in [-0.2, -0.15) is 0 Å². The highest BCUT2D eigenvalue weighted by atomic mass is 16.2. The number of rotatable bonds is 8. The maximum absolute atomic E-state index is 12.3. The summed E-state index contributed by atoms with van der Waals surface area (Å²) in [5.41, 5.74) is 5.71. The lowest BCUT2D eigenvalue weighted by Gasteiger charge is -2.29.